The van der Waals surface area contributed by atoms with E-state index in [4.69, 9.17) is 12.2 Å². The molecular formula is C20H16NO3S2-. The molecule has 26 heavy (non-hydrogen) atoms. The van der Waals surface area contributed by atoms with Crippen molar-refractivity contribution in [1.29, 1.82) is 0 Å². The van der Waals surface area contributed by atoms with Gasteiger partial charge in [0.15, 0.2) is 4.32 Å². The monoisotopic (exact) mass is 382 g/mol. The van der Waals surface area contributed by atoms with Crippen LogP contribution in [0.2, 0.25) is 0 Å². The highest BCUT2D eigenvalue weighted by molar-refractivity contribution is 8.27. The molecule has 0 radical (unpaired) electrons. The van der Waals surface area contributed by atoms with Gasteiger partial charge >= 0.3 is 0 Å². The lowest BCUT2D eigenvalue weighted by Gasteiger charge is -2.18. The number of carboxylic acids is 1. The fourth-order valence-corrected chi connectivity index (χ4v) is 3.94. The van der Waals surface area contributed by atoms with Crippen LogP contribution in [0.4, 0.5) is 5.69 Å². The Labute approximate surface area is 161 Å². The van der Waals surface area contributed by atoms with Gasteiger partial charge in [-0.25, -0.2) is 0 Å². The number of anilines is 1. The third-order valence-electron chi connectivity index (χ3n) is 4.17. The Morgan fingerprint density at radius 3 is 2.54 bits per heavy atom. The highest BCUT2D eigenvalue weighted by Gasteiger charge is 2.34. The number of hydrogen-bond donors (Lipinski definition) is 0. The molecule has 2 aromatic rings. The van der Waals surface area contributed by atoms with Crippen molar-refractivity contribution in [2.24, 2.45) is 0 Å². The predicted molar refractivity (Wildman–Crippen MR) is 107 cm³/mol. The molecule has 1 aliphatic rings. The van der Waals surface area contributed by atoms with Crippen LogP contribution in [0.3, 0.4) is 0 Å². The van der Waals surface area contributed by atoms with Gasteiger partial charge in [0, 0.05) is 0 Å². The van der Waals surface area contributed by atoms with E-state index in [1.165, 1.54) is 34.4 Å². The highest BCUT2D eigenvalue weighted by atomic mass is 32.2. The molecule has 0 spiro atoms. The number of hydrogen-bond acceptors (Lipinski definition) is 5. The Morgan fingerprint density at radius 1 is 1.23 bits per heavy atom. The number of thioether (sulfide) groups is 1. The van der Waals surface area contributed by atoms with Crippen molar-refractivity contribution in [3.63, 3.8) is 0 Å². The zero-order valence-electron chi connectivity index (χ0n) is 14.3. The summed E-state index contributed by atoms with van der Waals surface area (Å²) in [5.74, 6) is -1.54. The van der Waals surface area contributed by atoms with Crippen LogP contribution >= 0.6 is 24.0 Å². The molecular weight excluding hydrogens is 366 g/mol. The summed E-state index contributed by atoms with van der Waals surface area (Å²) < 4.78 is 0.380. The Kier molecular flexibility index (Phi) is 5.25. The van der Waals surface area contributed by atoms with Gasteiger partial charge in [-0.15, -0.1) is 0 Å². The van der Waals surface area contributed by atoms with Crippen LogP contribution in [0.25, 0.3) is 6.08 Å². The molecule has 6 heteroatoms. The van der Waals surface area contributed by atoms with E-state index in [-0.39, 0.29) is 11.5 Å². The maximum atomic E-state index is 12.9. The number of nitrogens with zero attached hydrogens (tertiary/aromatic N) is 1. The Balaban J connectivity index is 1.95. The molecule has 0 aromatic heterocycles. The van der Waals surface area contributed by atoms with Crippen LogP contribution in [0.1, 0.15) is 34.0 Å². The summed E-state index contributed by atoms with van der Waals surface area (Å²) in [6.07, 6.45) is 2.76. The molecule has 2 aromatic carbocycles. The number of carbonyl (C=O) groups is 2. The molecule has 3 rings (SSSR count). The maximum absolute atomic E-state index is 12.9. The smallest absolute Gasteiger partial charge is 0.270 e. The van der Waals surface area contributed by atoms with Gasteiger partial charge in [0.2, 0.25) is 0 Å². The van der Waals surface area contributed by atoms with Crippen LogP contribution in [-0.2, 0) is 11.2 Å². The Morgan fingerprint density at radius 2 is 1.92 bits per heavy atom. The molecule has 1 heterocycles. The van der Waals surface area contributed by atoms with Crippen molar-refractivity contribution in [2.75, 3.05) is 4.90 Å². The fourth-order valence-electron chi connectivity index (χ4n) is 2.65. The second kappa shape index (κ2) is 7.43. The number of rotatable bonds is 4. The second-order valence-corrected chi connectivity index (χ2v) is 7.58. The first-order valence-electron chi connectivity index (χ1n) is 8.09. The standard InChI is InChI=1S/C20H17NO3S2/c1-3-13-5-7-14(8-6-13)10-17-18(22)21(20(25)26-17)16-11-15(19(23)24)9-4-12(16)2/h4-11H,3H2,1-2H3,(H,23,24)/p-1/b17-10-. The zero-order valence-corrected chi connectivity index (χ0v) is 15.9. The molecule has 1 amide bonds. The molecule has 1 saturated heterocycles. The van der Waals surface area contributed by atoms with E-state index in [0.717, 1.165) is 17.5 Å². The first-order valence-corrected chi connectivity index (χ1v) is 9.32. The third-order valence-corrected chi connectivity index (χ3v) is 5.47. The number of aromatic carboxylic acids is 1. The minimum atomic E-state index is -1.29. The number of amides is 1. The number of carbonyl (C=O) groups excluding carboxylic acids is 2. The van der Waals surface area contributed by atoms with E-state index < -0.39 is 5.97 Å². The minimum absolute atomic E-state index is 0.0128. The fraction of sp³-hybridized carbons (Fsp3) is 0.150. The van der Waals surface area contributed by atoms with E-state index in [0.29, 0.717) is 14.9 Å². The Hall–Kier alpha value is -2.44. The molecule has 0 unspecified atom stereocenters. The molecule has 0 bridgehead atoms. The van der Waals surface area contributed by atoms with Gasteiger partial charge in [-0.3, -0.25) is 9.69 Å². The molecule has 132 valence electrons. The van der Waals surface area contributed by atoms with Gasteiger partial charge in [0.25, 0.3) is 5.91 Å². The van der Waals surface area contributed by atoms with Crippen LogP contribution in [0.5, 0.6) is 0 Å². The van der Waals surface area contributed by atoms with Crippen molar-refractivity contribution in [1.82, 2.24) is 0 Å². The van der Waals surface area contributed by atoms with E-state index >= 15 is 0 Å². The van der Waals surface area contributed by atoms with E-state index in [2.05, 4.69) is 6.92 Å². The van der Waals surface area contributed by atoms with Crippen LogP contribution < -0.4 is 10.0 Å². The summed E-state index contributed by atoms with van der Waals surface area (Å²) in [5.41, 5.74) is 3.39. The van der Waals surface area contributed by atoms with Crippen molar-refractivity contribution in [3.05, 3.63) is 69.6 Å². The molecule has 1 fully saturated rings. The summed E-state index contributed by atoms with van der Waals surface area (Å²) in [7, 11) is 0. The second-order valence-electron chi connectivity index (χ2n) is 5.90. The lowest BCUT2D eigenvalue weighted by Crippen LogP contribution is -2.29. The lowest BCUT2D eigenvalue weighted by atomic mass is 10.1. The average molecular weight is 382 g/mol. The zero-order chi connectivity index (χ0) is 18.8. The minimum Gasteiger partial charge on any atom is -0.545 e. The van der Waals surface area contributed by atoms with Gasteiger partial charge in [-0.1, -0.05) is 67.3 Å². The summed E-state index contributed by atoms with van der Waals surface area (Å²) in [5, 5.41) is 11.1. The molecule has 4 nitrogen and oxygen atoms in total. The largest absolute Gasteiger partial charge is 0.545 e. The van der Waals surface area contributed by atoms with Gasteiger partial charge in [-0.2, -0.15) is 0 Å². The van der Waals surface area contributed by atoms with Crippen LogP contribution in [0.15, 0.2) is 47.4 Å². The molecule has 0 aliphatic carbocycles. The molecule has 0 atom stereocenters. The highest BCUT2D eigenvalue weighted by Crippen LogP contribution is 2.37. The van der Waals surface area contributed by atoms with Gasteiger partial charge in [0.1, 0.15) is 0 Å². The van der Waals surface area contributed by atoms with Crippen LogP contribution in [-0.4, -0.2) is 16.2 Å². The van der Waals surface area contributed by atoms with E-state index in [9.17, 15) is 14.7 Å². The normalized spacial score (nSPS) is 15.8. The van der Waals surface area contributed by atoms with Crippen molar-refractivity contribution in [3.8, 4) is 0 Å². The van der Waals surface area contributed by atoms with Crippen molar-refractivity contribution < 1.29 is 14.7 Å². The Bertz CT molecular complexity index is 933. The van der Waals surface area contributed by atoms with E-state index in [1.54, 1.807) is 19.1 Å². The maximum Gasteiger partial charge on any atom is 0.270 e. The molecule has 1 aliphatic heterocycles. The SMILES string of the molecule is CCc1ccc(/C=C2\SC(=S)N(c3cc(C(=O)[O-])ccc3C)C2=O)cc1. The van der Waals surface area contributed by atoms with Crippen molar-refractivity contribution in [2.45, 2.75) is 20.3 Å². The lowest BCUT2D eigenvalue weighted by molar-refractivity contribution is -0.255. The third kappa shape index (κ3) is 3.57. The van der Waals surface area contributed by atoms with E-state index in [1.807, 2.05) is 24.3 Å². The average Bonchev–Trinajstić information content (AvgIpc) is 2.89. The van der Waals surface area contributed by atoms with Crippen molar-refractivity contribution >= 4 is 51.9 Å². The van der Waals surface area contributed by atoms with Gasteiger partial charge in [0.05, 0.1) is 16.6 Å². The first-order chi connectivity index (χ1) is 12.4. The summed E-state index contributed by atoms with van der Waals surface area (Å²) in [6, 6.07) is 12.5. The van der Waals surface area contributed by atoms with Crippen LogP contribution in [0, 0.1) is 6.92 Å². The van der Waals surface area contributed by atoms with Gasteiger partial charge < -0.3 is 9.90 Å². The number of benzene rings is 2. The summed E-state index contributed by atoms with van der Waals surface area (Å²) >= 11 is 6.58. The summed E-state index contributed by atoms with van der Waals surface area (Å²) in [6.45, 7) is 3.89. The molecule has 0 saturated carbocycles. The number of carboxylic acid groups (broad SMARTS) is 1. The predicted octanol–water partition coefficient (Wildman–Crippen LogP) is 3.33. The van der Waals surface area contributed by atoms with Gasteiger partial charge in [-0.05, 0) is 47.7 Å². The molecule has 0 N–H and O–H groups in total. The first kappa shape index (κ1) is 18.4. The summed E-state index contributed by atoms with van der Waals surface area (Å²) in [4.78, 5) is 25.9. The quantitative estimate of drug-likeness (QED) is 0.600. The topological polar surface area (TPSA) is 60.4 Å². The number of aryl methyl sites for hydroxylation is 2. The number of thiocarbonyl (C=S) groups is 1.